The van der Waals surface area contributed by atoms with Crippen LogP contribution in [0.4, 0.5) is 22.7 Å². The Kier molecular flexibility index (Phi) is 5.48. The fourth-order valence-corrected chi connectivity index (χ4v) is 4.12. The second-order valence-electron chi connectivity index (χ2n) is 7.71. The fraction of sp³-hybridized carbons (Fsp3) is 0.107. The molecule has 3 heteroatoms. The van der Waals surface area contributed by atoms with Gasteiger partial charge in [0.05, 0.1) is 17.6 Å². The Morgan fingerprint density at radius 3 is 1.97 bits per heavy atom. The van der Waals surface area contributed by atoms with Crippen molar-refractivity contribution < 1.29 is 0 Å². The highest BCUT2D eigenvalue weighted by Crippen LogP contribution is 2.34. The molecular weight excluding hydrogens is 378 g/mol. The molecule has 0 radical (unpaired) electrons. The van der Waals surface area contributed by atoms with E-state index in [1.807, 2.05) is 47.6 Å². The lowest BCUT2D eigenvalue weighted by molar-refractivity contribution is 0.767. The maximum Gasteiger partial charge on any atom is 0.0652 e. The summed E-state index contributed by atoms with van der Waals surface area (Å²) in [6.07, 6.45) is 4.21. The molecule has 3 nitrogen and oxygen atoms in total. The lowest BCUT2D eigenvalue weighted by Gasteiger charge is -2.31. The Labute approximate surface area is 183 Å². The van der Waals surface area contributed by atoms with Crippen molar-refractivity contribution in [1.82, 2.24) is 0 Å². The number of benzene rings is 4. The standard InChI is InChI=1S/C28H25N3/c1-4-12-25(13-5-1)30-20-10-11-24-21-23(18-19-28(24)30)22-29-31(26-14-6-2-7-15-26)27-16-8-3-9-17-27/h1-9,12-19,21-22H,10-11,20H2. The van der Waals surface area contributed by atoms with Gasteiger partial charge in [0.15, 0.2) is 0 Å². The van der Waals surface area contributed by atoms with Gasteiger partial charge < -0.3 is 4.90 Å². The van der Waals surface area contributed by atoms with E-state index in [1.54, 1.807) is 0 Å². The SMILES string of the molecule is C(=NN(c1ccccc1)c1ccccc1)c1ccc2c(c1)CCCN2c1ccccc1. The number of para-hydroxylation sites is 3. The van der Waals surface area contributed by atoms with Crippen LogP contribution in [0.25, 0.3) is 0 Å². The minimum absolute atomic E-state index is 1.04. The van der Waals surface area contributed by atoms with Crippen LogP contribution in [0.5, 0.6) is 0 Å². The highest BCUT2D eigenvalue weighted by atomic mass is 15.5. The predicted molar refractivity (Wildman–Crippen MR) is 131 cm³/mol. The van der Waals surface area contributed by atoms with Gasteiger partial charge in [-0.2, -0.15) is 5.10 Å². The number of rotatable bonds is 5. The van der Waals surface area contributed by atoms with Crippen LogP contribution in [-0.2, 0) is 6.42 Å². The summed E-state index contributed by atoms with van der Waals surface area (Å²) in [5.41, 5.74) is 7.13. The van der Waals surface area contributed by atoms with Gasteiger partial charge in [0, 0.05) is 17.9 Å². The zero-order valence-electron chi connectivity index (χ0n) is 17.4. The van der Waals surface area contributed by atoms with E-state index in [2.05, 4.69) is 77.7 Å². The van der Waals surface area contributed by atoms with E-state index < -0.39 is 0 Å². The van der Waals surface area contributed by atoms with Crippen molar-refractivity contribution in [1.29, 1.82) is 0 Å². The Balaban J connectivity index is 1.45. The van der Waals surface area contributed by atoms with Crippen molar-refractivity contribution in [3.8, 4) is 0 Å². The number of hydrazone groups is 1. The van der Waals surface area contributed by atoms with Crippen molar-refractivity contribution in [3.63, 3.8) is 0 Å². The Morgan fingerprint density at radius 1 is 0.710 bits per heavy atom. The highest BCUT2D eigenvalue weighted by Gasteiger charge is 2.18. The molecule has 31 heavy (non-hydrogen) atoms. The highest BCUT2D eigenvalue weighted by molar-refractivity contribution is 5.84. The molecule has 4 aromatic rings. The molecule has 152 valence electrons. The molecule has 4 aromatic carbocycles. The quantitative estimate of drug-likeness (QED) is 0.265. The first-order valence-electron chi connectivity index (χ1n) is 10.8. The van der Waals surface area contributed by atoms with Gasteiger partial charge in [-0.05, 0) is 72.5 Å². The topological polar surface area (TPSA) is 18.8 Å². The van der Waals surface area contributed by atoms with Crippen LogP contribution in [0.1, 0.15) is 17.5 Å². The minimum atomic E-state index is 1.04. The number of nitrogens with zero attached hydrogens (tertiary/aromatic N) is 3. The Bertz CT molecular complexity index is 1120. The lowest BCUT2D eigenvalue weighted by Crippen LogP contribution is -2.24. The van der Waals surface area contributed by atoms with E-state index in [4.69, 9.17) is 5.10 Å². The van der Waals surface area contributed by atoms with Gasteiger partial charge in [-0.15, -0.1) is 0 Å². The largest absolute Gasteiger partial charge is 0.341 e. The molecule has 1 aliphatic rings. The molecule has 0 N–H and O–H groups in total. The molecule has 0 aliphatic carbocycles. The van der Waals surface area contributed by atoms with Gasteiger partial charge >= 0.3 is 0 Å². The van der Waals surface area contributed by atoms with E-state index >= 15 is 0 Å². The monoisotopic (exact) mass is 403 g/mol. The molecule has 1 aliphatic heterocycles. The first kappa shape index (κ1) is 19.1. The summed E-state index contributed by atoms with van der Waals surface area (Å²) < 4.78 is 0. The summed E-state index contributed by atoms with van der Waals surface area (Å²) in [5.74, 6) is 0. The van der Waals surface area contributed by atoms with Crippen LogP contribution in [0.15, 0.2) is 114 Å². The maximum atomic E-state index is 4.86. The third kappa shape index (κ3) is 4.22. The molecule has 0 aromatic heterocycles. The second-order valence-corrected chi connectivity index (χ2v) is 7.71. The van der Waals surface area contributed by atoms with Gasteiger partial charge in [0.1, 0.15) is 0 Å². The molecule has 0 atom stereocenters. The van der Waals surface area contributed by atoms with Crippen LogP contribution in [0, 0.1) is 0 Å². The lowest BCUT2D eigenvalue weighted by atomic mass is 9.99. The zero-order valence-corrected chi connectivity index (χ0v) is 17.4. The van der Waals surface area contributed by atoms with E-state index in [9.17, 15) is 0 Å². The first-order valence-corrected chi connectivity index (χ1v) is 10.8. The Morgan fingerprint density at radius 2 is 1.32 bits per heavy atom. The summed E-state index contributed by atoms with van der Waals surface area (Å²) in [7, 11) is 0. The van der Waals surface area contributed by atoms with E-state index in [-0.39, 0.29) is 0 Å². The molecule has 0 unspecified atom stereocenters. The molecule has 0 spiro atoms. The summed E-state index contributed by atoms with van der Waals surface area (Å²) >= 11 is 0. The Hall–Kier alpha value is -3.85. The van der Waals surface area contributed by atoms with Crippen LogP contribution >= 0.6 is 0 Å². The number of fused-ring (bicyclic) bond motifs is 1. The second kappa shape index (κ2) is 8.88. The predicted octanol–water partition coefficient (Wildman–Crippen LogP) is 6.94. The van der Waals surface area contributed by atoms with Crippen molar-refractivity contribution in [2.45, 2.75) is 12.8 Å². The van der Waals surface area contributed by atoms with Gasteiger partial charge in [-0.25, -0.2) is 5.01 Å². The fourth-order valence-electron chi connectivity index (χ4n) is 4.12. The van der Waals surface area contributed by atoms with E-state index in [0.717, 1.165) is 36.3 Å². The number of hydrogen-bond acceptors (Lipinski definition) is 3. The molecule has 0 saturated carbocycles. The molecule has 0 bridgehead atoms. The molecular formula is C28H25N3. The molecule has 5 rings (SSSR count). The van der Waals surface area contributed by atoms with Crippen molar-refractivity contribution in [2.24, 2.45) is 5.10 Å². The van der Waals surface area contributed by atoms with Gasteiger partial charge in [-0.3, -0.25) is 0 Å². The van der Waals surface area contributed by atoms with Gasteiger partial charge in [0.2, 0.25) is 0 Å². The number of anilines is 4. The normalized spacial score (nSPS) is 13.2. The summed E-state index contributed by atoms with van der Waals surface area (Å²) in [4.78, 5) is 2.42. The van der Waals surface area contributed by atoms with Crippen LogP contribution < -0.4 is 9.91 Å². The molecule has 0 fully saturated rings. The van der Waals surface area contributed by atoms with Crippen LogP contribution in [-0.4, -0.2) is 12.8 Å². The van der Waals surface area contributed by atoms with E-state index in [0.29, 0.717) is 0 Å². The molecule has 0 saturated heterocycles. The van der Waals surface area contributed by atoms with Crippen LogP contribution in [0.3, 0.4) is 0 Å². The average molecular weight is 404 g/mol. The van der Waals surface area contributed by atoms with Crippen molar-refractivity contribution in [3.05, 3.63) is 120 Å². The summed E-state index contributed by atoms with van der Waals surface area (Å²) in [6, 6.07) is 37.8. The van der Waals surface area contributed by atoms with E-state index in [1.165, 1.54) is 16.9 Å². The summed E-state index contributed by atoms with van der Waals surface area (Å²) in [6.45, 7) is 1.06. The molecule has 1 heterocycles. The van der Waals surface area contributed by atoms with Gasteiger partial charge in [0.25, 0.3) is 0 Å². The third-order valence-electron chi connectivity index (χ3n) is 5.61. The maximum absolute atomic E-state index is 4.86. The smallest absolute Gasteiger partial charge is 0.0652 e. The first-order chi connectivity index (χ1) is 15.4. The summed E-state index contributed by atoms with van der Waals surface area (Å²) in [5, 5.41) is 6.84. The zero-order chi connectivity index (χ0) is 20.9. The minimum Gasteiger partial charge on any atom is -0.341 e. The average Bonchev–Trinajstić information content (AvgIpc) is 2.85. The third-order valence-corrected chi connectivity index (χ3v) is 5.61. The van der Waals surface area contributed by atoms with Crippen LogP contribution in [0.2, 0.25) is 0 Å². The van der Waals surface area contributed by atoms with Crippen molar-refractivity contribution in [2.75, 3.05) is 16.5 Å². The molecule has 0 amide bonds. The number of aryl methyl sites for hydroxylation is 1. The number of hydrogen-bond donors (Lipinski definition) is 0. The van der Waals surface area contributed by atoms with Crippen molar-refractivity contribution >= 4 is 29.0 Å². The van der Waals surface area contributed by atoms with Gasteiger partial charge in [-0.1, -0.05) is 60.7 Å².